The molecule has 10 nitrogen and oxygen atoms in total. The average Bonchev–Trinajstić information content (AvgIpc) is 3.35. The molecule has 0 aromatic carbocycles. The molecule has 2 atom stereocenters. The van der Waals surface area contributed by atoms with Gasteiger partial charge in [0.2, 0.25) is 0 Å². The number of carbonyl (C=O) groups is 3. The second-order valence-electron chi connectivity index (χ2n) is 7.77. The molecule has 2 unspecified atom stereocenters. The maximum absolute atomic E-state index is 12.4. The Labute approximate surface area is 188 Å². The lowest BCUT2D eigenvalue weighted by Crippen LogP contribution is -2.65. The first-order chi connectivity index (χ1) is 15.7. The first-order valence-electron chi connectivity index (χ1n) is 9.92. The van der Waals surface area contributed by atoms with Gasteiger partial charge in [-0.1, -0.05) is 0 Å². The predicted molar refractivity (Wildman–Crippen MR) is 99.7 cm³/mol. The van der Waals surface area contributed by atoms with Gasteiger partial charge in [-0.05, 0) is 24.8 Å². The number of fused-ring (bicyclic) bond motifs is 2. The highest BCUT2D eigenvalue weighted by atomic mass is 19.4. The number of ether oxygens (including phenoxy) is 1. The number of hydrogen-bond acceptors (Lipinski definition) is 6. The second kappa shape index (κ2) is 11.0. The van der Waals surface area contributed by atoms with E-state index in [4.69, 9.17) is 24.5 Å². The number of hydrogen-bond donors (Lipinski definition) is 3. The Hall–Kier alpha value is -2.88. The second-order valence-corrected chi connectivity index (χ2v) is 7.77. The Morgan fingerprint density at radius 3 is 1.82 bits per heavy atom. The number of rotatable bonds is 3. The molecule has 2 saturated heterocycles. The van der Waals surface area contributed by atoms with Crippen molar-refractivity contribution in [1.82, 2.24) is 20.0 Å². The highest BCUT2D eigenvalue weighted by Gasteiger charge is 2.42. The Morgan fingerprint density at radius 1 is 1.00 bits per heavy atom. The summed E-state index contributed by atoms with van der Waals surface area (Å²) in [5.74, 6) is -4.57. The molecule has 1 aromatic rings. The van der Waals surface area contributed by atoms with Gasteiger partial charge in [0.05, 0.1) is 25.3 Å². The Morgan fingerprint density at radius 2 is 1.47 bits per heavy atom. The first-order valence-corrected chi connectivity index (χ1v) is 9.92. The number of nitrogens with zero attached hydrogens (tertiary/aromatic N) is 3. The highest BCUT2D eigenvalue weighted by Crippen LogP contribution is 2.33. The zero-order valence-corrected chi connectivity index (χ0v) is 17.5. The summed E-state index contributed by atoms with van der Waals surface area (Å²) in [5.41, 5.74) is 0.583. The number of H-pyrrole nitrogens is 1. The van der Waals surface area contributed by atoms with Crippen LogP contribution in [0.15, 0.2) is 12.3 Å². The molecule has 1 amide bonds. The molecule has 4 rings (SSSR count). The van der Waals surface area contributed by atoms with Gasteiger partial charge in [0, 0.05) is 25.8 Å². The van der Waals surface area contributed by atoms with Crippen LogP contribution in [0.1, 0.15) is 23.3 Å². The van der Waals surface area contributed by atoms with Gasteiger partial charge in [-0.15, -0.1) is 0 Å². The van der Waals surface area contributed by atoms with E-state index in [1.54, 1.807) is 12.3 Å². The van der Waals surface area contributed by atoms with E-state index in [9.17, 15) is 31.1 Å². The largest absolute Gasteiger partial charge is 0.490 e. The summed E-state index contributed by atoms with van der Waals surface area (Å²) in [5, 5.41) is 20.9. The number of aliphatic carboxylic acids is 2. The van der Waals surface area contributed by atoms with Crippen molar-refractivity contribution in [2.24, 2.45) is 5.92 Å². The molecule has 0 spiro atoms. The van der Waals surface area contributed by atoms with Gasteiger partial charge < -0.3 is 19.8 Å². The number of halogens is 6. The maximum Gasteiger partial charge on any atom is 0.490 e. The standard InChI is InChI=1S/C14H20N4O2.2C2HF3O2/c19-14(13-3-4-15-16-13)17-6-11-8-20-9-12(7-17)18(11)5-10-1-2-10;2*3-2(4,5)1(6)7/h3-4,10-12H,1-2,5-9H2,(H,15,16);2*(H,6,7). The van der Waals surface area contributed by atoms with Crippen molar-refractivity contribution in [2.75, 3.05) is 32.8 Å². The number of piperazine rings is 1. The zero-order chi connectivity index (χ0) is 25.7. The van der Waals surface area contributed by atoms with Crippen LogP contribution in [0.25, 0.3) is 0 Å². The molecular weight excluding hydrogens is 482 g/mol. The number of carbonyl (C=O) groups excluding carboxylic acids is 1. The topological polar surface area (TPSA) is 136 Å². The van der Waals surface area contributed by atoms with Crippen LogP contribution in [0.5, 0.6) is 0 Å². The van der Waals surface area contributed by atoms with E-state index in [-0.39, 0.29) is 5.91 Å². The molecule has 3 aliphatic rings. The predicted octanol–water partition coefficient (Wildman–Crippen LogP) is 1.61. The minimum Gasteiger partial charge on any atom is -0.475 e. The van der Waals surface area contributed by atoms with Crippen molar-refractivity contribution < 1.29 is 55.7 Å². The molecule has 1 aliphatic carbocycles. The molecule has 192 valence electrons. The molecule has 3 N–H and O–H groups in total. The molecular formula is C18H22F6N4O6. The summed E-state index contributed by atoms with van der Waals surface area (Å²) in [6.07, 6.45) is -5.80. The quantitative estimate of drug-likeness (QED) is 0.529. The van der Waals surface area contributed by atoms with Crippen molar-refractivity contribution in [3.8, 4) is 0 Å². The van der Waals surface area contributed by atoms with Gasteiger partial charge in [0.25, 0.3) is 5.91 Å². The van der Waals surface area contributed by atoms with Crippen LogP contribution in [0.3, 0.4) is 0 Å². The molecule has 16 heteroatoms. The Balaban J connectivity index is 0.000000244. The molecule has 3 heterocycles. The zero-order valence-electron chi connectivity index (χ0n) is 17.5. The van der Waals surface area contributed by atoms with Gasteiger partial charge in [-0.2, -0.15) is 31.4 Å². The van der Waals surface area contributed by atoms with Gasteiger partial charge >= 0.3 is 24.3 Å². The lowest BCUT2D eigenvalue weighted by Gasteiger charge is -2.49. The van der Waals surface area contributed by atoms with E-state index in [0.717, 1.165) is 32.2 Å². The van der Waals surface area contributed by atoms with Crippen molar-refractivity contribution in [1.29, 1.82) is 0 Å². The fourth-order valence-corrected chi connectivity index (χ4v) is 3.34. The van der Waals surface area contributed by atoms with Crippen LogP contribution >= 0.6 is 0 Å². The molecule has 0 radical (unpaired) electrons. The molecule has 2 bridgehead atoms. The Bertz CT molecular complexity index is 805. The summed E-state index contributed by atoms with van der Waals surface area (Å²) >= 11 is 0. The summed E-state index contributed by atoms with van der Waals surface area (Å²) in [6.45, 7) is 4.21. The Kier molecular flexibility index (Phi) is 8.88. The number of nitrogens with one attached hydrogen (secondary N) is 1. The number of carboxylic acid groups (broad SMARTS) is 2. The van der Waals surface area contributed by atoms with Gasteiger partial charge in [0.1, 0.15) is 5.69 Å². The van der Waals surface area contributed by atoms with Crippen molar-refractivity contribution in [3.05, 3.63) is 18.0 Å². The third-order valence-electron chi connectivity index (χ3n) is 5.09. The lowest BCUT2D eigenvalue weighted by atomic mass is 10.0. The first kappa shape index (κ1) is 27.4. The smallest absolute Gasteiger partial charge is 0.475 e. The monoisotopic (exact) mass is 504 g/mol. The van der Waals surface area contributed by atoms with E-state index in [1.165, 1.54) is 19.4 Å². The van der Waals surface area contributed by atoms with Crippen LogP contribution in [0.4, 0.5) is 26.3 Å². The number of amides is 1. The van der Waals surface area contributed by atoms with Gasteiger partial charge in [-0.25, -0.2) is 9.59 Å². The lowest BCUT2D eigenvalue weighted by molar-refractivity contribution is -0.193. The number of morpholine rings is 1. The van der Waals surface area contributed by atoms with Crippen LogP contribution in [-0.2, 0) is 14.3 Å². The van der Waals surface area contributed by atoms with Crippen LogP contribution in [-0.4, -0.2) is 105 Å². The average molecular weight is 504 g/mol. The van der Waals surface area contributed by atoms with E-state index in [1.807, 2.05) is 4.90 Å². The van der Waals surface area contributed by atoms with Gasteiger partial charge in [0.15, 0.2) is 0 Å². The minimum absolute atomic E-state index is 0.0606. The molecule has 2 aliphatic heterocycles. The fourth-order valence-electron chi connectivity index (χ4n) is 3.34. The van der Waals surface area contributed by atoms with Crippen molar-refractivity contribution in [2.45, 2.75) is 37.3 Å². The number of aromatic amines is 1. The number of alkyl halides is 6. The normalized spacial score (nSPS) is 22.6. The highest BCUT2D eigenvalue weighted by molar-refractivity contribution is 5.92. The van der Waals surface area contributed by atoms with Crippen LogP contribution in [0, 0.1) is 5.92 Å². The molecule has 3 fully saturated rings. The molecule has 1 aromatic heterocycles. The molecule has 1 saturated carbocycles. The third kappa shape index (κ3) is 8.16. The summed E-state index contributed by atoms with van der Waals surface area (Å²) in [4.78, 5) is 34.8. The van der Waals surface area contributed by atoms with E-state index < -0.39 is 24.3 Å². The van der Waals surface area contributed by atoms with Crippen LogP contribution in [0.2, 0.25) is 0 Å². The van der Waals surface area contributed by atoms with Crippen molar-refractivity contribution in [3.63, 3.8) is 0 Å². The number of carboxylic acids is 2. The van der Waals surface area contributed by atoms with Crippen molar-refractivity contribution >= 4 is 17.8 Å². The third-order valence-corrected chi connectivity index (χ3v) is 5.09. The van der Waals surface area contributed by atoms with Crippen LogP contribution < -0.4 is 0 Å². The number of aromatic nitrogens is 2. The molecule has 34 heavy (non-hydrogen) atoms. The summed E-state index contributed by atoms with van der Waals surface area (Å²) in [6, 6.07) is 2.45. The summed E-state index contributed by atoms with van der Waals surface area (Å²) < 4.78 is 69.2. The van der Waals surface area contributed by atoms with E-state index >= 15 is 0 Å². The summed E-state index contributed by atoms with van der Waals surface area (Å²) in [7, 11) is 0. The SMILES string of the molecule is O=C(O)C(F)(F)F.O=C(O)C(F)(F)F.O=C(c1ccn[nH]1)N1CC2COCC(C1)N2CC1CC1. The van der Waals surface area contributed by atoms with Gasteiger partial charge in [-0.3, -0.25) is 14.8 Å². The minimum atomic E-state index is -5.08. The van der Waals surface area contributed by atoms with E-state index in [0.29, 0.717) is 17.8 Å². The van der Waals surface area contributed by atoms with E-state index in [2.05, 4.69) is 15.1 Å². The maximum atomic E-state index is 12.4. The fraction of sp³-hybridized carbons (Fsp3) is 0.667.